The van der Waals surface area contributed by atoms with Crippen LogP contribution in [-0.2, 0) is 16.6 Å². The van der Waals surface area contributed by atoms with Crippen LogP contribution < -0.4 is 10.5 Å². The fourth-order valence-corrected chi connectivity index (χ4v) is 2.53. The predicted molar refractivity (Wildman–Crippen MR) is 68.6 cm³/mol. The molecule has 5 nitrogen and oxygen atoms in total. The molecule has 0 aliphatic heterocycles. The van der Waals surface area contributed by atoms with E-state index >= 15 is 0 Å². The third kappa shape index (κ3) is 2.72. The fourth-order valence-electron chi connectivity index (χ4n) is 1.53. The summed E-state index contributed by atoms with van der Waals surface area (Å²) in [5.41, 5.74) is 6.84. The Balaban J connectivity index is 2.27. The fraction of sp³-hybridized carbons (Fsp3) is 0.167. The average molecular weight is 266 g/mol. The molecule has 2 aromatic rings. The zero-order valence-corrected chi connectivity index (χ0v) is 10.7. The van der Waals surface area contributed by atoms with Crippen LogP contribution in [0.25, 0.3) is 0 Å². The Morgan fingerprint density at radius 2 is 2.06 bits per heavy atom. The van der Waals surface area contributed by atoms with Gasteiger partial charge in [0.1, 0.15) is 5.76 Å². The number of sulfonamides is 1. The Labute approximate surface area is 106 Å². The molecular formula is C12H14N2O3S. The minimum absolute atomic E-state index is 0.135. The van der Waals surface area contributed by atoms with Crippen molar-refractivity contribution in [1.29, 1.82) is 0 Å². The number of nitrogens with two attached hydrogens (primary N) is 1. The molecule has 0 saturated carbocycles. The lowest BCUT2D eigenvalue weighted by Gasteiger charge is -2.06. The monoisotopic (exact) mass is 266 g/mol. The Morgan fingerprint density at radius 3 is 2.67 bits per heavy atom. The van der Waals surface area contributed by atoms with Gasteiger partial charge in [-0.15, -0.1) is 0 Å². The lowest BCUT2D eigenvalue weighted by atomic mass is 10.2. The summed E-state index contributed by atoms with van der Waals surface area (Å²) < 4.78 is 31.6. The molecule has 0 amide bonds. The molecule has 0 unspecified atom stereocenters. The van der Waals surface area contributed by atoms with Crippen molar-refractivity contribution in [1.82, 2.24) is 0 Å². The van der Waals surface area contributed by atoms with Crippen LogP contribution >= 0.6 is 0 Å². The molecule has 0 atom stereocenters. The number of furan rings is 1. The Kier molecular flexibility index (Phi) is 3.40. The first-order valence-corrected chi connectivity index (χ1v) is 6.88. The van der Waals surface area contributed by atoms with E-state index in [1.165, 1.54) is 6.07 Å². The van der Waals surface area contributed by atoms with Gasteiger partial charge in [0, 0.05) is 5.69 Å². The van der Waals surface area contributed by atoms with Gasteiger partial charge in [0.2, 0.25) is 5.09 Å². The summed E-state index contributed by atoms with van der Waals surface area (Å²) in [6, 6.07) is 10.0. The van der Waals surface area contributed by atoms with Crippen LogP contribution in [0.4, 0.5) is 5.69 Å². The van der Waals surface area contributed by atoms with Gasteiger partial charge in [0.05, 0.1) is 6.54 Å². The summed E-state index contributed by atoms with van der Waals surface area (Å²) >= 11 is 0. The van der Waals surface area contributed by atoms with Gasteiger partial charge in [-0.25, -0.2) is 0 Å². The van der Waals surface area contributed by atoms with Crippen molar-refractivity contribution < 1.29 is 12.8 Å². The molecule has 0 aliphatic rings. The second kappa shape index (κ2) is 4.83. The van der Waals surface area contributed by atoms with Crippen molar-refractivity contribution in [2.24, 2.45) is 5.73 Å². The molecule has 0 spiro atoms. The highest BCUT2D eigenvalue weighted by atomic mass is 32.2. The summed E-state index contributed by atoms with van der Waals surface area (Å²) in [5, 5.41) is -0.135. The molecular weight excluding hydrogens is 252 g/mol. The summed E-state index contributed by atoms with van der Waals surface area (Å²) in [7, 11) is -3.69. The second-order valence-electron chi connectivity index (χ2n) is 3.90. The van der Waals surface area contributed by atoms with Crippen LogP contribution in [0.1, 0.15) is 11.3 Å². The van der Waals surface area contributed by atoms with Crippen molar-refractivity contribution in [3.05, 3.63) is 47.7 Å². The van der Waals surface area contributed by atoms with E-state index in [9.17, 15) is 8.42 Å². The van der Waals surface area contributed by atoms with E-state index in [2.05, 4.69) is 4.72 Å². The number of anilines is 1. The highest BCUT2D eigenvalue weighted by molar-refractivity contribution is 7.92. The first kappa shape index (κ1) is 12.7. The third-order valence-corrected chi connectivity index (χ3v) is 3.63. The van der Waals surface area contributed by atoms with Gasteiger partial charge in [0.25, 0.3) is 10.0 Å². The van der Waals surface area contributed by atoms with Crippen LogP contribution in [0.15, 0.2) is 45.9 Å². The molecule has 0 radical (unpaired) electrons. The van der Waals surface area contributed by atoms with E-state index in [0.29, 0.717) is 11.4 Å². The molecule has 1 aromatic carbocycles. The first-order valence-electron chi connectivity index (χ1n) is 5.39. The number of rotatable bonds is 4. The van der Waals surface area contributed by atoms with Crippen LogP contribution in [-0.4, -0.2) is 8.42 Å². The SMILES string of the molecule is Cc1cccc(NS(=O)(=O)c2ccc(CN)o2)c1. The summed E-state index contributed by atoms with van der Waals surface area (Å²) in [4.78, 5) is 0. The molecule has 0 aliphatic carbocycles. The van der Waals surface area contributed by atoms with E-state index in [4.69, 9.17) is 10.2 Å². The lowest BCUT2D eigenvalue weighted by Crippen LogP contribution is -2.12. The minimum atomic E-state index is -3.69. The van der Waals surface area contributed by atoms with Gasteiger partial charge >= 0.3 is 0 Å². The van der Waals surface area contributed by atoms with E-state index < -0.39 is 10.0 Å². The molecule has 1 heterocycles. The van der Waals surface area contributed by atoms with Crippen molar-refractivity contribution in [2.75, 3.05) is 4.72 Å². The first-order chi connectivity index (χ1) is 8.51. The predicted octanol–water partition coefficient (Wildman–Crippen LogP) is 1.85. The van der Waals surface area contributed by atoms with Gasteiger partial charge in [0.15, 0.2) is 0 Å². The average Bonchev–Trinajstić information content (AvgIpc) is 2.77. The highest BCUT2D eigenvalue weighted by Crippen LogP contribution is 2.18. The number of aryl methyl sites for hydroxylation is 1. The number of nitrogens with one attached hydrogen (secondary N) is 1. The normalized spacial score (nSPS) is 11.4. The maximum absolute atomic E-state index is 12.0. The van der Waals surface area contributed by atoms with Crippen LogP contribution in [0.2, 0.25) is 0 Å². The standard InChI is InChI=1S/C12H14N2O3S/c1-9-3-2-4-10(7-9)14-18(15,16)12-6-5-11(8-13)17-12/h2-7,14H,8,13H2,1H3. The molecule has 3 N–H and O–H groups in total. The number of benzene rings is 1. The Morgan fingerprint density at radius 1 is 1.28 bits per heavy atom. The van der Waals surface area contributed by atoms with Gasteiger partial charge in [-0.2, -0.15) is 8.42 Å². The molecule has 0 saturated heterocycles. The molecule has 96 valence electrons. The zero-order chi connectivity index (χ0) is 13.2. The molecule has 0 bridgehead atoms. The van der Waals surface area contributed by atoms with Gasteiger partial charge in [-0.05, 0) is 36.8 Å². The van der Waals surface area contributed by atoms with Crippen LogP contribution in [0.5, 0.6) is 0 Å². The second-order valence-corrected chi connectivity index (χ2v) is 5.51. The molecule has 18 heavy (non-hydrogen) atoms. The molecule has 1 aromatic heterocycles. The van der Waals surface area contributed by atoms with Gasteiger partial charge < -0.3 is 10.2 Å². The summed E-state index contributed by atoms with van der Waals surface area (Å²) in [6.45, 7) is 2.05. The lowest BCUT2D eigenvalue weighted by molar-refractivity contribution is 0.417. The maximum Gasteiger partial charge on any atom is 0.295 e. The smallest absolute Gasteiger partial charge is 0.295 e. The summed E-state index contributed by atoms with van der Waals surface area (Å²) in [6.07, 6.45) is 0. The highest BCUT2D eigenvalue weighted by Gasteiger charge is 2.18. The van der Waals surface area contributed by atoms with Crippen molar-refractivity contribution in [3.63, 3.8) is 0 Å². The zero-order valence-electron chi connectivity index (χ0n) is 9.88. The van der Waals surface area contributed by atoms with Crippen LogP contribution in [0, 0.1) is 6.92 Å². The van der Waals surface area contributed by atoms with Gasteiger partial charge in [-0.3, -0.25) is 4.72 Å². The van der Waals surface area contributed by atoms with Crippen LogP contribution in [0.3, 0.4) is 0 Å². The van der Waals surface area contributed by atoms with Crippen molar-refractivity contribution in [2.45, 2.75) is 18.6 Å². The van der Waals surface area contributed by atoms with Gasteiger partial charge in [-0.1, -0.05) is 12.1 Å². The van der Waals surface area contributed by atoms with E-state index in [-0.39, 0.29) is 11.6 Å². The van der Waals surface area contributed by atoms with E-state index in [0.717, 1.165) is 5.56 Å². The van der Waals surface area contributed by atoms with E-state index in [1.54, 1.807) is 24.3 Å². The number of hydrogen-bond acceptors (Lipinski definition) is 4. The minimum Gasteiger partial charge on any atom is -0.446 e. The Bertz CT molecular complexity index is 647. The Hall–Kier alpha value is -1.79. The molecule has 0 fully saturated rings. The van der Waals surface area contributed by atoms with E-state index in [1.807, 2.05) is 13.0 Å². The van der Waals surface area contributed by atoms with Crippen molar-refractivity contribution >= 4 is 15.7 Å². The molecule has 6 heteroatoms. The topological polar surface area (TPSA) is 85.3 Å². The van der Waals surface area contributed by atoms with Crippen molar-refractivity contribution in [3.8, 4) is 0 Å². The number of hydrogen-bond donors (Lipinski definition) is 2. The largest absolute Gasteiger partial charge is 0.446 e. The molecule has 2 rings (SSSR count). The summed E-state index contributed by atoms with van der Waals surface area (Å²) in [5.74, 6) is 0.430. The third-order valence-electron chi connectivity index (χ3n) is 2.37. The maximum atomic E-state index is 12.0. The quantitative estimate of drug-likeness (QED) is 0.884.